The van der Waals surface area contributed by atoms with Crippen LogP contribution in [0.2, 0.25) is 0 Å². The Bertz CT molecular complexity index is 599. The summed E-state index contributed by atoms with van der Waals surface area (Å²) in [5.41, 5.74) is 2.73. The maximum atomic E-state index is 10.8. The number of aromatic carboxylic acids is 1. The van der Waals surface area contributed by atoms with Gasteiger partial charge in [-0.1, -0.05) is 6.07 Å². The average molecular weight is 307 g/mol. The van der Waals surface area contributed by atoms with Crippen molar-refractivity contribution in [3.63, 3.8) is 0 Å². The van der Waals surface area contributed by atoms with Gasteiger partial charge in [0.25, 0.3) is 0 Å². The minimum absolute atomic E-state index is 0.0169. The largest absolute Gasteiger partial charge is 0.477 e. The lowest BCUT2D eigenvalue weighted by Crippen LogP contribution is -2.01. The highest BCUT2D eigenvalue weighted by atomic mass is 79.9. The van der Waals surface area contributed by atoms with E-state index >= 15 is 0 Å². The molecule has 1 aromatic heterocycles. The Morgan fingerprint density at radius 3 is 2.78 bits per heavy atom. The van der Waals surface area contributed by atoms with Gasteiger partial charge in [-0.3, -0.25) is 0 Å². The van der Waals surface area contributed by atoms with Crippen LogP contribution in [-0.2, 0) is 0 Å². The van der Waals surface area contributed by atoms with Crippen molar-refractivity contribution in [1.82, 2.24) is 4.98 Å². The van der Waals surface area contributed by atoms with Gasteiger partial charge < -0.3 is 10.4 Å². The molecule has 1 heterocycles. The SMILES string of the molecule is Cc1ccc(Nc2ccnc(C(=O)O)c2)c(Br)c1. The molecule has 0 aliphatic rings. The van der Waals surface area contributed by atoms with E-state index in [-0.39, 0.29) is 5.69 Å². The highest BCUT2D eigenvalue weighted by Crippen LogP contribution is 2.26. The Labute approximate surface area is 113 Å². The molecule has 0 amide bonds. The molecule has 0 unspecified atom stereocenters. The number of aromatic nitrogens is 1. The molecule has 0 aliphatic heterocycles. The second-order valence-corrected chi connectivity index (χ2v) is 4.70. The summed E-state index contributed by atoms with van der Waals surface area (Å²) in [6.07, 6.45) is 1.47. The second-order valence-electron chi connectivity index (χ2n) is 3.84. The molecule has 0 fully saturated rings. The van der Waals surface area contributed by atoms with Crippen LogP contribution < -0.4 is 5.32 Å². The first-order valence-corrected chi connectivity index (χ1v) is 6.08. The highest BCUT2D eigenvalue weighted by Gasteiger charge is 2.06. The summed E-state index contributed by atoms with van der Waals surface area (Å²) in [5.74, 6) is -1.04. The van der Waals surface area contributed by atoms with E-state index in [0.29, 0.717) is 5.69 Å². The number of nitrogens with one attached hydrogen (secondary N) is 1. The van der Waals surface area contributed by atoms with Gasteiger partial charge in [-0.05, 0) is 52.7 Å². The number of carbonyl (C=O) groups is 1. The molecule has 2 rings (SSSR count). The zero-order valence-electron chi connectivity index (χ0n) is 9.64. The molecule has 0 aliphatic carbocycles. The van der Waals surface area contributed by atoms with Crippen LogP contribution in [0.25, 0.3) is 0 Å². The molecule has 5 heteroatoms. The van der Waals surface area contributed by atoms with Gasteiger partial charge in [-0.2, -0.15) is 0 Å². The van der Waals surface area contributed by atoms with E-state index in [0.717, 1.165) is 15.7 Å². The molecule has 2 aromatic rings. The van der Waals surface area contributed by atoms with E-state index in [1.54, 1.807) is 6.07 Å². The third kappa shape index (κ3) is 2.87. The van der Waals surface area contributed by atoms with Crippen LogP contribution in [0.5, 0.6) is 0 Å². The Kier molecular flexibility index (Phi) is 3.62. The van der Waals surface area contributed by atoms with E-state index in [2.05, 4.69) is 26.2 Å². The van der Waals surface area contributed by atoms with Crippen LogP contribution in [0.15, 0.2) is 41.0 Å². The van der Waals surface area contributed by atoms with Crippen molar-refractivity contribution in [2.45, 2.75) is 6.92 Å². The normalized spacial score (nSPS) is 10.1. The first kappa shape index (κ1) is 12.6. The molecule has 18 heavy (non-hydrogen) atoms. The molecule has 92 valence electrons. The zero-order chi connectivity index (χ0) is 13.1. The minimum Gasteiger partial charge on any atom is -0.477 e. The van der Waals surface area contributed by atoms with Gasteiger partial charge in [0.2, 0.25) is 0 Å². The van der Waals surface area contributed by atoms with Gasteiger partial charge in [0.15, 0.2) is 0 Å². The Morgan fingerprint density at radius 1 is 1.33 bits per heavy atom. The number of carboxylic acids is 1. The number of pyridine rings is 1. The van der Waals surface area contributed by atoms with Crippen molar-refractivity contribution in [1.29, 1.82) is 0 Å². The van der Waals surface area contributed by atoms with Crippen LogP contribution >= 0.6 is 15.9 Å². The molecule has 0 atom stereocenters. The van der Waals surface area contributed by atoms with Gasteiger partial charge >= 0.3 is 5.97 Å². The number of anilines is 2. The molecule has 0 spiro atoms. The molecule has 0 bridgehead atoms. The number of benzene rings is 1. The van der Waals surface area contributed by atoms with Gasteiger partial charge in [0.05, 0.1) is 5.69 Å². The summed E-state index contributed by atoms with van der Waals surface area (Å²) in [5, 5.41) is 12.0. The molecule has 4 nitrogen and oxygen atoms in total. The fraction of sp³-hybridized carbons (Fsp3) is 0.0769. The Hall–Kier alpha value is -1.88. The van der Waals surface area contributed by atoms with Crippen LogP contribution in [0.4, 0.5) is 11.4 Å². The minimum atomic E-state index is -1.04. The van der Waals surface area contributed by atoms with Gasteiger partial charge in [-0.15, -0.1) is 0 Å². The van der Waals surface area contributed by atoms with Gasteiger partial charge in [0, 0.05) is 16.4 Å². The van der Waals surface area contributed by atoms with Crippen molar-refractivity contribution in [3.8, 4) is 0 Å². The Morgan fingerprint density at radius 2 is 2.11 bits per heavy atom. The lowest BCUT2D eigenvalue weighted by molar-refractivity contribution is 0.0690. The number of aryl methyl sites for hydroxylation is 1. The fourth-order valence-electron chi connectivity index (χ4n) is 1.50. The van der Waals surface area contributed by atoms with Crippen LogP contribution in [0.1, 0.15) is 16.1 Å². The monoisotopic (exact) mass is 306 g/mol. The third-order valence-corrected chi connectivity index (χ3v) is 3.04. The summed E-state index contributed by atoms with van der Waals surface area (Å²) in [6.45, 7) is 2.00. The summed E-state index contributed by atoms with van der Waals surface area (Å²) < 4.78 is 0.927. The lowest BCUT2D eigenvalue weighted by Gasteiger charge is -2.09. The molecule has 2 N–H and O–H groups in total. The van der Waals surface area contributed by atoms with Gasteiger partial charge in [0.1, 0.15) is 5.69 Å². The van der Waals surface area contributed by atoms with Crippen molar-refractivity contribution >= 4 is 33.3 Å². The lowest BCUT2D eigenvalue weighted by atomic mass is 10.2. The number of rotatable bonds is 3. The first-order valence-electron chi connectivity index (χ1n) is 5.29. The van der Waals surface area contributed by atoms with E-state index in [1.165, 1.54) is 12.3 Å². The van der Waals surface area contributed by atoms with E-state index in [9.17, 15) is 4.79 Å². The van der Waals surface area contributed by atoms with Crippen molar-refractivity contribution in [3.05, 3.63) is 52.3 Å². The first-order chi connectivity index (χ1) is 8.56. The number of hydrogen-bond acceptors (Lipinski definition) is 3. The molecule has 0 saturated heterocycles. The van der Waals surface area contributed by atoms with Crippen LogP contribution in [0.3, 0.4) is 0 Å². The second kappa shape index (κ2) is 5.18. The third-order valence-electron chi connectivity index (χ3n) is 2.38. The fourth-order valence-corrected chi connectivity index (χ4v) is 2.09. The topological polar surface area (TPSA) is 62.2 Å². The van der Waals surface area contributed by atoms with Crippen molar-refractivity contribution in [2.75, 3.05) is 5.32 Å². The van der Waals surface area contributed by atoms with E-state index < -0.39 is 5.97 Å². The van der Waals surface area contributed by atoms with Gasteiger partial charge in [-0.25, -0.2) is 9.78 Å². The number of nitrogens with zero attached hydrogens (tertiary/aromatic N) is 1. The highest BCUT2D eigenvalue weighted by molar-refractivity contribution is 9.10. The average Bonchev–Trinajstić information content (AvgIpc) is 2.33. The van der Waals surface area contributed by atoms with Crippen molar-refractivity contribution < 1.29 is 9.90 Å². The summed E-state index contributed by atoms with van der Waals surface area (Å²) in [4.78, 5) is 14.6. The predicted molar refractivity (Wildman–Crippen MR) is 73.4 cm³/mol. The standard InChI is InChI=1S/C13H11BrN2O2/c1-8-2-3-11(10(14)6-8)16-9-4-5-15-12(7-9)13(17)18/h2-7H,1H3,(H,15,16)(H,17,18). The number of carboxylic acid groups (broad SMARTS) is 1. The summed E-state index contributed by atoms with van der Waals surface area (Å²) in [7, 11) is 0. The molecule has 0 radical (unpaired) electrons. The molecular formula is C13H11BrN2O2. The van der Waals surface area contributed by atoms with E-state index in [4.69, 9.17) is 5.11 Å². The van der Waals surface area contributed by atoms with Crippen molar-refractivity contribution in [2.24, 2.45) is 0 Å². The molecule has 0 saturated carbocycles. The maximum Gasteiger partial charge on any atom is 0.354 e. The molecule has 1 aromatic carbocycles. The zero-order valence-corrected chi connectivity index (χ0v) is 11.2. The predicted octanol–water partition coefficient (Wildman–Crippen LogP) is 3.59. The van der Waals surface area contributed by atoms with Crippen LogP contribution in [0, 0.1) is 6.92 Å². The Balaban J connectivity index is 2.28. The maximum absolute atomic E-state index is 10.8. The summed E-state index contributed by atoms with van der Waals surface area (Å²) in [6, 6.07) is 9.11. The summed E-state index contributed by atoms with van der Waals surface area (Å²) >= 11 is 3.46. The number of halogens is 1. The number of hydrogen-bond donors (Lipinski definition) is 2. The van der Waals surface area contributed by atoms with Crippen LogP contribution in [-0.4, -0.2) is 16.1 Å². The smallest absolute Gasteiger partial charge is 0.354 e. The molecular weight excluding hydrogens is 296 g/mol. The van der Waals surface area contributed by atoms with E-state index in [1.807, 2.05) is 25.1 Å². The quantitative estimate of drug-likeness (QED) is 0.909.